The Balaban J connectivity index is 0. The molecule has 0 atom stereocenters. The summed E-state index contributed by atoms with van der Waals surface area (Å²) in [7, 11) is -3.84. The maximum absolute atomic E-state index is 10.6. The summed E-state index contributed by atoms with van der Waals surface area (Å²) in [5, 5.41) is 2.56. The van der Waals surface area contributed by atoms with Crippen LogP contribution in [-0.4, -0.2) is 55.7 Å². The van der Waals surface area contributed by atoms with E-state index < -0.39 is 10.1 Å². The van der Waals surface area contributed by atoms with Crippen LogP contribution in [0.3, 0.4) is 0 Å². The van der Waals surface area contributed by atoms with Gasteiger partial charge in [-0.2, -0.15) is 8.42 Å². The molecule has 0 aromatic rings. The van der Waals surface area contributed by atoms with Crippen LogP contribution in [0.5, 0.6) is 0 Å². The van der Waals surface area contributed by atoms with Gasteiger partial charge in [-0.05, 0) is 38.6 Å². The van der Waals surface area contributed by atoms with E-state index in [-0.39, 0.29) is 11.7 Å². The van der Waals surface area contributed by atoms with E-state index in [4.69, 9.17) is 4.55 Å². The molecule has 0 saturated carbocycles. The third kappa shape index (κ3) is 19.1. The molecule has 0 radical (unpaired) electrons. The predicted octanol–water partition coefficient (Wildman–Crippen LogP) is 1.69. The normalized spacial score (nSPS) is 10.7. The van der Waals surface area contributed by atoms with E-state index in [1.165, 1.54) is 25.7 Å². The van der Waals surface area contributed by atoms with Crippen LogP contribution in [0.2, 0.25) is 0 Å². The minimum atomic E-state index is -3.84. The number of rotatable bonds is 10. The Morgan fingerprint density at radius 1 is 1.14 bits per heavy atom. The zero-order valence-corrected chi connectivity index (χ0v) is 14.3. The molecular formula is C14H30N2O4S. The van der Waals surface area contributed by atoms with Crippen LogP contribution in [0.15, 0.2) is 12.7 Å². The van der Waals surface area contributed by atoms with Crippen LogP contribution < -0.4 is 5.32 Å². The van der Waals surface area contributed by atoms with E-state index in [9.17, 15) is 13.2 Å². The second-order valence-electron chi connectivity index (χ2n) is 4.46. The largest absolute Gasteiger partial charge is 0.353 e. The first-order chi connectivity index (χ1) is 9.80. The number of hydrogen-bond acceptors (Lipinski definition) is 4. The zero-order valence-electron chi connectivity index (χ0n) is 13.5. The zero-order chi connectivity index (χ0) is 16.7. The summed E-state index contributed by atoms with van der Waals surface area (Å²) in [6, 6.07) is 0. The lowest BCUT2D eigenvalue weighted by atomic mass is 10.2. The number of carbonyl (C=O) groups is 1. The summed E-state index contributed by atoms with van der Waals surface area (Å²) >= 11 is 0. The van der Waals surface area contributed by atoms with E-state index >= 15 is 0 Å². The van der Waals surface area contributed by atoms with Crippen LogP contribution >= 0.6 is 0 Å². The van der Waals surface area contributed by atoms with Gasteiger partial charge < -0.3 is 10.2 Å². The first-order valence-electron chi connectivity index (χ1n) is 7.38. The number of nitrogens with one attached hydrogen (secondary N) is 1. The van der Waals surface area contributed by atoms with Gasteiger partial charge in [0.15, 0.2) is 0 Å². The van der Waals surface area contributed by atoms with E-state index in [1.54, 1.807) is 0 Å². The average Bonchev–Trinajstić information content (AvgIpc) is 2.44. The van der Waals surface area contributed by atoms with Gasteiger partial charge in [0.2, 0.25) is 5.91 Å². The van der Waals surface area contributed by atoms with Crippen molar-refractivity contribution in [1.29, 1.82) is 0 Å². The number of unbranched alkanes of at least 4 members (excludes halogenated alkanes) is 2. The minimum Gasteiger partial charge on any atom is -0.353 e. The highest BCUT2D eigenvalue weighted by atomic mass is 32.2. The third-order valence-electron chi connectivity index (χ3n) is 2.91. The Labute approximate surface area is 129 Å². The maximum atomic E-state index is 10.6. The predicted molar refractivity (Wildman–Crippen MR) is 86.9 cm³/mol. The van der Waals surface area contributed by atoms with Crippen molar-refractivity contribution in [1.82, 2.24) is 10.2 Å². The number of amides is 1. The van der Waals surface area contributed by atoms with E-state index in [0.717, 1.165) is 0 Å². The smallest absolute Gasteiger partial charge is 0.264 e. The van der Waals surface area contributed by atoms with Crippen LogP contribution in [0.25, 0.3) is 0 Å². The highest BCUT2D eigenvalue weighted by molar-refractivity contribution is 7.85. The van der Waals surface area contributed by atoms with Gasteiger partial charge in [-0.1, -0.05) is 33.8 Å². The van der Waals surface area contributed by atoms with Crippen LogP contribution in [-0.2, 0) is 14.9 Å². The lowest BCUT2D eigenvalue weighted by Crippen LogP contribution is -2.21. The Morgan fingerprint density at radius 2 is 1.67 bits per heavy atom. The molecule has 0 spiro atoms. The molecule has 21 heavy (non-hydrogen) atoms. The molecule has 0 aliphatic heterocycles. The topological polar surface area (TPSA) is 86.7 Å². The highest BCUT2D eigenvalue weighted by Crippen LogP contribution is 1.97. The lowest BCUT2D eigenvalue weighted by molar-refractivity contribution is -0.116. The Hall–Kier alpha value is -0.920. The molecule has 0 heterocycles. The fourth-order valence-corrected chi connectivity index (χ4v) is 2.11. The van der Waals surface area contributed by atoms with Gasteiger partial charge in [-0.25, -0.2) is 0 Å². The van der Waals surface area contributed by atoms with Gasteiger partial charge in [0.25, 0.3) is 10.1 Å². The Morgan fingerprint density at radius 3 is 2.00 bits per heavy atom. The molecule has 0 aliphatic carbocycles. The van der Waals surface area contributed by atoms with Gasteiger partial charge in [0, 0.05) is 6.54 Å². The molecule has 0 aliphatic rings. The fourth-order valence-electron chi connectivity index (χ4n) is 1.54. The lowest BCUT2D eigenvalue weighted by Gasteiger charge is -2.13. The standard InChI is InChI=1S/C8H15NO4S.C6H15N/c1-2-8(10)9-6-4-3-5-7-14(11,12)13;1-4-7(5-2)6-3/h2H,1,3-7H2,(H,9,10)(H,11,12,13);4-6H2,1-3H3. The van der Waals surface area contributed by atoms with Crippen molar-refractivity contribution in [2.75, 3.05) is 31.9 Å². The van der Waals surface area contributed by atoms with Crippen molar-refractivity contribution < 1.29 is 17.8 Å². The molecule has 1 amide bonds. The van der Waals surface area contributed by atoms with Crippen molar-refractivity contribution in [3.8, 4) is 0 Å². The Kier molecular flexibility index (Phi) is 14.9. The first kappa shape index (κ1) is 22.4. The van der Waals surface area contributed by atoms with Crippen molar-refractivity contribution in [3.05, 3.63) is 12.7 Å². The number of carbonyl (C=O) groups excluding carboxylic acids is 1. The molecule has 0 rings (SSSR count). The molecule has 0 aromatic carbocycles. The van der Waals surface area contributed by atoms with Crippen molar-refractivity contribution >= 4 is 16.0 Å². The SMILES string of the molecule is C=CC(=O)NCCCCCS(=O)(=O)O.CCN(CC)CC. The quantitative estimate of drug-likeness (QED) is 0.363. The van der Waals surface area contributed by atoms with Crippen LogP contribution in [0, 0.1) is 0 Å². The van der Waals surface area contributed by atoms with Gasteiger partial charge >= 0.3 is 0 Å². The molecular weight excluding hydrogens is 292 g/mol. The summed E-state index contributed by atoms with van der Waals surface area (Å²) in [6.45, 7) is 13.9. The molecule has 126 valence electrons. The van der Waals surface area contributed by atoms with E-state index in [1.807, 2.05) is 0 Å². The number of nitrogens with zero attached hydrogens (tertiary/aromatic N) is 1. The summed E-state index contributed by atoms with van der Waals surface area (Å²) in [4.78, 5) is 13.0. The van der Waals surface area contributed by atoms with Crippen molar-refractivity contribution in [2.24, 2.45) is 0 Å². The molecule has 7 heteroatoms. The Bertz CT molecular complexity index is 360. The molecule has 6 nitrogen and oxygen atoms in total. The van der Waals surface area contributed by atoms with Crippen LogP contribution in [0.4, 0.5) is 0 Å². The maximum Gasteiger partial charge on any atom is 0.264 e. The highest BCUT2D eigenvalue weighted by Gasteiger charge is 2.02. The molecule has 0 aromatic heterocycles. The summed E-state index contributed by atoms with van der Waals surface area (Å²) in [5.74, 6) is -0.456. The van der Waals surface area contributed by atoms with Gasteiger partial charge in [-0.15, -0.1) is 0 Å². The number of hydrogen-bond donors (Lipinski definition) is 2. The van der Waals surface area contributed by atoms with Gasteiger partial charge in [0.05, 0.1) is 5.75 Å². The first-order valence-corrected chi connectivity index (χ1v) is 8.99. The van der Waals surface area contributed by atoms with E-state index in [2.05, 4.69) is 37.6 Å². The van der Waals surface area contributed by atoms with E-state index in [0.29, 0.717) is 25.8 Å². The average molecular weight is 322 g/mol. The van der Waals surface area contributed by atoms with Gasteiger partial charge in [-0.3, -0.25) is 9.35 Å². The van der Waals surface area contributed by atoms with Crippen LogP contribution in [0.1, 0.15) is 40.0 Å². The second kappa shape index (κ2) is 14.0. The summed E-state index contributed by atoms with van der Waals surface area (Å²) in [5.41, 5.74) is 0. The molecule has 0 saturated heterocycles. The summed E-state index contributed by atoms with van der Waals surface area (Å²) in [6.07, 6.45) is 2.92. The molecule has 0 unspecified atom stereocenters. The minimum absolute atomic E-state index is 0.220. The molecule has 2 N–H and O–H groups in total. The van der Waals surface area contributed by atoms with Crippen molar-refractivity contribution in [2.45, 2.75) is 40.0 Å². The fraction of sp³-hybridized carbons (Fsp3) is 0.786. The molecule has 0 fully saturated rings. The monoisotopic (exact) mass is 322 g/mol. The van der Waals surface area contributed by atoms with Gasteiger partial charge in [0.1, 0.15) is 0 Å². The molecule has 0 bridgehead atoms. The van der Waals surface area contributed by atoms with Crippen molar-refractivity contribution in [3.63, 3.8) is 0 Å². The second-order valence-corrected chi connectivity index (χ2v) is 6.03. The summed E-state index contributed by atoms with van der Waals surface area (Å²) < 4.78 is 29.0. The third-order valence-corrected chi connectivity index (χ3v) is 3.71.